The predicted octanol–water partition coefficient (Wildman–Crippen LogP) is 6.42. The topological polar surface area (TPSA) is 20.3 Å². The maximum absolute atomic E-state index is 13.1. The summed E-state index contributed by atoms with van der Waals surface area (Å²) in [5.74, 6) is 0.149. The molecule has 1 heterocycles. The fourth-order valence-electron chi connectivity index (χ4n) is 3.63. The summed E-state index contributed by atoms with van der Waals surface area (Å²) in [5, 5.41) is 0. The van der Waals surface area contributed by atoms with Crippen LogP contribution in [0.25, 0.3) is 23.3 Å². The van der Waals surface area contributed by atoms with Gasteiger partial charge in [0.2, 0.25) is 5.91 Å². The number of hydrogen-bond acceptors (Lipinski definition) is 1. The number of anilines is 1. The SMILES string of the molecule is CC(C)(C)C(=O)N1Cc2ccccc2-c2cc(/C=C/c3ccccc3)ccc21. The molecule has 3 aromatic carbocycles. The zero-order valence-electron chi connectivity index (χ0n) is 16.6. The molecule has 1 aliphatic heterocycles. The third-order valence-electron chi connectivity index (χ3n) is 5.10. The van der Waals surface area contributed by atoms with E-state index in [0.29, 0.717) is 6.54 Å². The zero-order chi connectivity index (χ0) is 19.7. The molecule has 0 radical (unpaired) electrons. The fraction of sp³-hybridized carbons (Fsp3) is 0.192. The molecule has 0 aliphatic carbocycles. The van der Waals surface area contributed by atoms with Gasteiger partial charge in [-0.2, -0.15) is 0 Å². The lowest BCUT2D eigenvalue weighted by Gasteiger charge is -2.35. The van der Waals surface area contributed by atoms with Crippen LogP contribution in [0.2, 0.25) is 0 Å². The maximum atomic E-state index is 13.1. The van der Waals surface area contributed by atoms with Crippen LogP contribution < -0.4 is 4.90 Å². The normalized spacial score (nSPS) is 13.3. The van der Waals surface area contributed by atoms with Crippen molar-refractivity contribution in [2.45, 2.75) is 27.3 Å². The molecule has 0 atom stereocenters. The lowest BCUT2D eigenvalue weighted by atomic mass is 9.88. The largest absolute Gasteiger partial charge is 0.307 e. The Morgan fingerprint density at radius 1 is 0.821 bits per heavy atom. The Kier molecular flexibility index (Phi) is 4.64. The predicted molar refractivity (Wildman–Crippen MR) is 118 cm³/mol. The molecule has 0 saturated heterocycles. The van der Waals surface area contributed by atoms with Gasteiger partial charge in [0, 0.05) is 11.0 Å². The Labute approximate surface area is 167 Å². The first-order valence-corrected chi connectivity index (χ1v) is 9.71. The number of rotatable bonds is 2. The summed E-state index contributed by atoms with van der Waals surface area (Å²) in [5.41, 5.74) is 6.40. The van der Waals surface area contributed by atoms with Gasteiger partial charge in [0.1, 0.15) is 0 Å². The first-order valence-electron chi connectivity index (χ1n) is 9.71. The minimum Gasteiger partial charge on any atom is -0.307 e. The highest BCUT2D eigenvalue weighted by Crippen LogP contribution is 2.41. The minimum absolute atomic E-state index is 0.149. The molecule has 0 aromatic heterocycles. The average molecular weight is 367 g/mol. The van der Waals surface area contributed by atoms with Crippen molar-refractivity contribution >= 4 is 23.7 Å². The maximum Gasteiger partial charge on any atom is 0.232 e. The van der Waals surface area contributed by atoms with E-state index in [-0.39, 0.29) is 5.91 Å². The first-order chi connectivity index (χ1) is 13.4. The summed E-state index contributed by atoms with van der Waals surface area (Å²) in [6, 6.07) is 25.0. The van der Waals surface area contributed by atoms with Gasteiger partial charge in [0.15, 0.2) is 0 Å². The smallest absolute Gasteiger partial charge is 0.232 e. The highest BCUT2D eigenvalue weighted by Gasteiger charge is 2.32. The third kappa shape index (κ3) is 3.50. The highest BCUT2D eigenvalue weighted by molar-refractivity contribution is 6.02. The molecule has 140 valence electrons. The molecule has 0 saturated carbocycles. The molecule has 1 amide bonds. The lowest BCUT2D eigenvalue weighted by Crippen LogP contribution is -2.40. The van der Waals surface area contributed by atoms with E-state index < -0.39 is 5.41 Å². The Morgan fingerprint density at radius 3 is 2.25 bits per heavy atom. The number of hydrogen-bond donors (Lipinski definition) is 0. The van der Waals surface area contributed by atoms with Crippen molar-refractivity contribution < 1.29 is 4.79 Å². The van der Waals surface area contributed by atoms with Gasteiger partial charge in [0.05, 0.1) is 12.2 Å². The van der Waals surface area contributed by atoms with E-state index in [4.69, 9.17) is 0 Å². The second kappa shape index (κ2) is 7.12. The molecule has 28 heavy (non-hydrogen) atoms. The van der Waals surface area contributed by atoms with Gasteiger partial charge < -0.3 is 4.90 Å². The van der Waals surface area contributed by atoms with Gasteiger partial charge in [-0.05, 0) is 34.4 Å². The summed E-state index contributed by atoms with van der Waals surface area (Å²) in [6.45, 7) is 6.56. The fourth-order valence-corrected chi connectivity index (χ4v) is 3.63. The molecule has 2 heteroatoms. The standard InChI is InChI=1S/C26H25NO/c1-26(2,3)25(28)27-18-21-11-7-8-12-22(21)23-17-20(15-16-24(23)27)14-13-19-9-5-4-6-10-19/h4-17H,18H2,1-3H3/b14-13+. The van der Waals surface area contributed by atoms with Gasteiger partial charge >= 0.3 is 0 Å². The van der Waals surface area contributed by atoms with Crippen LogP contribution in [-0.2, 0) is 11.3 Å². The second-order valence-corrected chi connectivity index (χ2v) is 8.32. The number of nitrogens with zero attached hydrogens (tertiary/aromatic N) is 1. The first kappa shape index (κ1) is 18.2. The van der Waals surface area contributed by atoms with Crippen molar-refractivity contribution in [3.8, 4) is 11.1 Å². The van der Waals surface area contributed by atoms with Crippen LogP contribution in [0.1, 0.15) is 37.5 Å². The van der Waals surface area contributed by atoms with E-state index in [9.17, 15) is 4.79 Å². The third-order valence-corrected chi connectivity index (χ3v) is 5.10. The highest BCUT2D eigenvalue weighted by atomic mass is 16.2. The van der Waals surface area contributed by atoms with Gasteiger partial charge in [-0.3, -0.25) is 4.79 Å². The Hall–Kier alpha value is -3.13. The Balaban J connectivity index is 1.78. The van der Waals surface area contributed by atoms with Gasteiger partial charge in [-0.25, -0.2) is 0 Å². The van der Waals surface area contributed by atoms with Crippen LogP contribution in [0.5, 0.6) is 0 Å². The molecule has 0 unspecified atom stereocenters. The summed E-state index contributed by atoms with van der Waals surface area (Å²) < 4.78 is 0. The van der Waals surface area contributed by atoms with Crippen LogP contribution in [0.4, 0.5) is 5.69 Å². The average Bonchev–Trinajstić information content (AvgIpc) is 2.71. The summed E-state index contributed by atoms with van der Waals surface area (Å²) in [6.07, 6.45) is 4.25. The van der Waals surface area contributed by atoms with Crippen LogP contribution in [0, 0.1) is 5.41 Å². The minimum atomic E-state index is -0.421. The van der Waals surface area contributed by atoms with Crippen molar-refractivity contribution in [2.24, 2.45) is 5.41 Å². The quantitative estimate of drug-likeness (QED) is 0.479. The molecule has 0 fully saturated rings. The molecule has 4 rings (SSSR count). The molecule has 0 spiro atoms. The van der Waals surface area contributed by atoms with Gasteiger partial charge in [0.25, 0.3) is 0 Å². The number of carbonyl (C=O) groups is 1. The van der Waals surface area contributed by atoms with E-state index in [0.717, 1.165) is 16.8 Å². The van der Waals surface area contributed by atoms with Crippen LogP contribution in [-0.4, -0.2) is 5.91 Å². The van der Waals surface area contributed by atoms with Crippen molar-refractivity contribution in [2.75, 3.05) is 4.90 Å². The number of carbonyl (C=O) groups excluding carboxylic acids is 1. The molecule has 2 nitrogen and oxygen atoms in total. The van der Waals surface area contributed by atoms with E-state index >= 15 is 0 Å². The Bertz CT molecular complexity index is 1040. The molecule has 1 aliphatic rings. The molecule has 3 aromatic rings. The summed E-state index contributed by atoms with van der Waals surface area (Å²) in [7, 11) is 0. The number of amides is 1. The van der Waals surface area contributed by atoms with Crippen LogP contribution in [0.15, 0.2) is 72.8 Å². The second-order valence-electron chi connectivity index (χ2n) is 8.32. The monoisotopic (exact) mass is 367 g/mol. The van der Waals surface area contributed by atoms with Crippen molar-refractivity contribution in [3.63, 3.8) is 0 Å². The van der Waals surface area contributed by atoms with Crippen LogP contribution in [0.3, 0.4) is 0 Å². The van der Waals surface area contributed by atoms with E-state index in [1.807, 2.05) is 49.9 Å². The van der Waals surface area contributed by atoms with Crippen molar-refractivity contribution in [1.82, 2.24) is 0 Å². The molecule has 0 N–H and O–H groups in total. The summed E-state index contributed by atoms with van der Waals surface area (Å²) in [4.78, 5) is 15.0. The Morgan fingerprint density at radius 2 is 1.50 bits per heavy atom. The van der Waals surface area contributed by atoms with E-state index in [2.05, 4.69) is 60.7 Å². The van der Waals surface area contributed by atoms with Crippen molar-refractivity contribution in [3.05, 3.63) is 89.5 Å². The number of fused-ring (bicyclic) bond motifs is 3. The number of benzene rings is 3. The molecular formula is C26H25NO. The molecular weight excluding hydrogens is 342 g/mol. The zero-order valence-corrected chi connectivity index (χ0v) is 16.6. The van der Waals surface area contributed by atoms with E-state index in [1.165, 1.54) is 16.7 Å². The van der Waals surface area contributed by atoms with Gasteiger partial charge in [-0.1, -0.05) is 93.6 Å². The summed E-state index contributed by atoms with van der Waals surface area (Å²) >= 11 is 0. The molecule has 0 bridgehead atoms. The lowest BCUT2D eigenvalue weighted by molar-refractivity contribution is -0.125. The van der Waals surface area contributed by atoms with E-state index in [1.54, 1.807) is 0 Å². The van der Waals surface area contributed by atoms with Crippen LogP contribution >= 0.6 is 0 Å². The van der Waals surface area contributed by atoms with Gasteiger partial charge in [-0.15, -0.1) is 0 Å². The van der Waals surface area contributed by atoms with Crippen molar-refractivity contribution in [1.29, 1.82) is 0 Å².